The number of carbonyl (C=O) groups is 1. The molecule has 0 bridgehead atoms. The fraction of sp³-hybridized carbons (Fsp3) is 0.111. The average Bonchev–Trinajstić information content (AvgIpc) is 2.16. The average molecular weight is 213 g/mol. The van der Waals surface area contributed by atoms with Gasteiger partial charge in [0.05, 0.1) is 5.56 Å². The van der Waals surface area contributed by atoms with E-state index in [2.05, 4.69) is 5.32 Å². The molecule has 0 atom stereocenters. The number of hydrogen-bond acceptors (Lipinski definition) is 3. The van der Waals surface area contributed by atoms with E-state index in [0.717, 1.165) is 6.07 Å². The van der Waals surface area contributed by atoms with Gasteiger partial charge in [-0.25, -0.2) is 8.78 Å². The van der Waals surface area contributed by atoms with Gasteiger partial charge in [0.25, 0.3) is 5.91 Å². The van der Waals surface area contributed by atoms with Crippen molar-refractivity contribution >= 4 is 17.8 Å². The van der Waals surface area contributed by atoms with Crippen LogP contribution >= 0.6 is 0 Å². The Morgan fingerprint density at radius 1 is 1.60 bits per heavy atom. The lowest BCUT2D eigenvalue weighted by Crippen LogP contribution is -2.17. The Morgan fingerprint density at radius 3 is 2.60 bits per heavy atom. The molecule has 0 saturated carbocycles. The molecule has 80 valence electrons. The Bertz CT molecular complexity index is 432. The van der Waals surface area contributed by atoms with E-state index in [9.17, 15) is 13.6 Å². The molecule has 0 heterocycles. The highest BCUT2D eigenvalue weighted by atomic mass is 19.1. The molecular formula is C9H9F2N3O. The maximum Gasteiger partial charge on any atom is 0.254 e. The third-order valence-corrected chi connectivity index (χ3v) is 1.92. The number of nitrogens with two attached hydrogens (primary N) is 1. The first-order valence-corrected chi connectivity index (χ1v) is 4.03. The van der Waals surface area contributed by atoms with Gasteiger partial charge in [0.1, 0.15) is 17.2 Å². The Balaban J connectivity index is 3.58. The molecule has 0 aromatic heterocycles. The van der Waals surface area contributed by atoms with E-state index in [1.807, 2.05) is 0 Å². The van der Waals surface area contributed by atoms with Crippen molar-refractivity contribution in [2.45, 2.75) is 0 Å². The van der Waals surface area contributed by atoms with Crippen molar-refractivity contribution in [1.29, 1.82) is 5.41 Å². The number of amides is 1. The zero-order chi connectivity index (χ0) is 11.6. The topological polar surface area (TPSA) is 79.0 Å². The van der Waals surface area contributed by atoms with Crippen molar-refractivity contribution in [3.05, 3.63) is 28.8 Å². The largest absolute Gasteiger partial charge is 0.387 e. The standard InChI is InChI=1S/C9H9F2N3O/c1-14-6-2-5(10)7(9(13)15)8(11)4(6)3-12/h2-3,12,14H,1H3,(H2,13,15). The van der Waals surface area contributed by atoms with Gasteiger partial charge in [-0.1, -0.05) is 0 Å². The van der Waals surface area contributed by atoms with E-state index in [-0.39, 0.29) is 11.3 Å². The minimum absolute atomic E-state index is 0.0880. The van der Waals surface area contributed by atoms with Crippen LogP contribution in [0.25, 0.3) is 0 Å². The van der Waals surface area contributed by atoms with E-state index in [4.69, 9.17) is 11.1 Å². The Kier molecular flexibility index (Phi) is 2.99. The number of primary amides is 1. The van der Waals surface area contributed by atoms with Crippen molar-refractivity contribution in [3.8, 4) is 0 Å². The molecule has 1 aromatic rings. The molecule has 15 heavy (non-hydrogen) atoms. The highest BCUT2D eigenvalue weighted by Gasteiger charge is 2.20. The molecular weight excluding hydrogens is 204 g/mol. The summed E-state index contributed by atoms with van der Waals surface area (Å²) in [6, 6.07) is 0.920. The lowest BCUT2D eigenvalue weighted by molar-refractivity contribution is 0.0992. The lowest BCUT2D eigenvalue weighted by Gasteiger charge is -2.09. The normalized spacial score (nSPS) is 9.80. The van der Waals surface area contributed by atoms with Gasteiger partial charge >= 0.3 is 0 Å². The molecule has 0 aliphatic carbocycles. The maximum absolute atomic E-state index is 13.5. The SMILES string of the molecule is CNc1cc(F)c(C(N)=O)c(F)c1C=N. The number of anilines is 1. The predicted molar refractivity (Wildman–Crippen MR) is 52.3 cm³/mol. The first-order valence-electron chi connectivity index (χ1n) is 4.03. The molecule has 4 N–H and O–H groups in total. The zero-order valence-electron chi connectivity index (χ0n) is 7.90. The molecule has 0 aliphatic rings. The second kappa shape index (κ2) is 4.04. The predicted octanol–water partition coefficient (Wildman–Crippen LogP) is 1.10. The van der Waals surface area contributed by atoms with Crippen LogP contribution in [-0.4, -0.2) is 19.2 Å². The summed E-state index contributed by atoms with van der Waals surface area (Å²) in [5, 5.41) is 9.47. The highest BCUT2D eigenvalue weighted by molar-refractivity contribution is 5.97. The van der Waals surface area contributed by atoms with Crippen LogP contribution in [0.15, 0.2) is 6.07 Å². The van der Waals surface area contributed by atoms with Gasteiger partial charge < -0.3 is 16.5 Å². The van der Waals surface area contributed by atoms with Crippen molar-refractivity contribution in [3.63, 3.8) is 0 Å². The number of hydrogen-bond donors (Lipinski definition) is 3. The van der Waals surface area contributed by atoms with Gasteiger partial charge in [0.2, 0.25) is 0 Å². The minimum Gasteiger partial charge on any atom is -0.387 e. The number of rotatable bonds is 3. The quantitative estimate of drug-likeness (QED) is 0.657. The van der Waals surface area contributed by atoms with Gasteiger partial charge in [0.15, 0.2) is 0 Å². The van der Waals surface area contributed by atoms with E-state index in [1.54, 1.807) is 0 Å². The summed E-state index contributed by atoms with van der Waals surface area (Å²) >= 11 is 0. The molecule has 0 spiro atoms. The summed E-state index contributed by atoms with van der Waals surface area (Å²) in [6.07, 6.45) is 0.688. The molecule has 0 saturated heterocycles. The fourth-order valence-corrected chi connectivity index (χ4v) is 1.21. The molecule has 0 unspecified atom stereocenters. The molecule has 1 aromatic carbocycles. The Hall–Kier alpha value is -1.98. The molecule has 0 fully saturated rings. The summed E-state index contributed by atoms with van der Waals surface area (Å²) in [6.45, 7) is 0. The van der Waals surface area contributed by atoms with Crippen LogP contribution in [0.5, 0.6) is 0 Å². The number of nitrogens with one attached hydrogen (secondary N) is 2. The third kappa shape index (κ3) is 1.78. The van der Waals surface area contributed by atoms with Crippen LogP contribution in [-0.2, 0) is 0 Å². The second-order valence-corrected chi connectivity index (χ2v) is 2.77. The highest BCUT2D eigenvalue weighted by Crippen LogP contribution is 2.23. The minimum atomic E-state index is -1.20. The molecule has 1 rings (SSSR count). The van der Waals surface area contributed by atoms with Crippen molar-refractivity contribution in [2.24, 2.45) is 5.73 Å². The van der Waals surface area contributed by atoms with Gasteiger partial charge in [-0.05, 0) is 6.07 Å². The molecule has 4 nitrogen and oxygen atoms in total. The number of carbonyl (C=O) groups excluding carboxylic acids is 1. The monoisotopic (exact) mass is 213 g/mol. The van der Waals surface area contributed by atoms with Gasteiger partial charge in [-0.2, -0.15) is 0 Å². The van der Waals surface area contributed by atoms with Crippen molar-refractivity contribution in [2.75, 3.05) is 12.4 Å². The van der Waals surface area contributed by atoms with Gasteiger partial charge in [0, 0.05) is 18.9 Å². The van der Waals surface area contributed by atoms with Crippen molar-refractivity contribution < 1.29 is 13.6 Å². The summed E-state index contributed by atoms with van der Waals surface area (Å²) in [7, 11) is 1.45. The van der Waals surface area contributed by atoms with Crippen LogP contribution in [0.1, 0.15) is 15.9 Å². The van der Waals surface area contributed by atoms with Crippen LogP contribution in [0, 0.1) is 17.0 Å². The first-order chi connectivity index (χ1) is 7.02. The second-order valence-electron chi connectivity index (χ2n) is 2.77. The first kappa shape index (κ1) is 11.1. The lowest BCUT2D eigenvalue weighted by atomic mass is 10.1. The Labute approximate surface area is 84.6 Å². The molecule has 0 aliphatic heterocycles. The number of halogens is 2. The van der Waals surface area contributed by atoms with Crippen LogP contribution in [0.4, 0.5) is 14.5 Å². The fourth-order valence-electron chi connectivity index (χ4n) is 1.21. The van der Waals surface area contributed by atoms with E-state index >= 15 is 0 Å². The van der Waals surface area contributed by atoms with Crippen LogP contribution in [0.3, 0.4) is 0 Å². The molecule has 1 amide bonds. The maximum atomic E-state index is 13.5. The van der Waals surface area contributed by atoms with Gasteiger partial charge in [-0.3, -0.25) is 4.79 Å². The summed E-state index contributed by atoms with van der Waals surface area (Å²) in [4.78, 5) is 10.8. The summed E-state index contributed by atoms with van der Waals surface area (Å²) in [5.41, 5.74) is 3.88. The molecule has 0 radical (unpaired) electrons. The van der Waals surface area contributed by atoms with E-state index in [0.29, 0.717) is 6.21 Å². The number of benzene rings is 1. The van der Waals surface area contributed by atoms with Crippen LogP contribution < -0.4 is 11.1 Å². The van der Waals surface area contributed by atoms with E-state index in [1.165, 1.54) is 7.05 Å². The van der Waals surface area contributed by atoms with E-state index < -0.39 is 23.1 Å². The molecule has 6 heteroatoms. The summed E-state index contributed by atoms with van der Waals surface area (Å²) in [5.74, 6) is -3.37. The van der Waals surface area contributed by atoms with Crippen molar-refractivity contribution in [1.82, 2.24) is 0 Å². The zero-order valence-corrected chi connectivity index (χ0v) is 7.90. The smallest absolute Gasteiger partial charge is 0.254 e. The Morgan fingerprint density at radius 2 is 2.20 bits per heavy atom. The third-order valence-electron chi connectivity index (χ3n) is 1.92. The van der Waals surface area contributed by atoms with Crippen LogP contribution in [0.2, 0.25) is 0 Å². The summed E-state index contributed by atoms with van der Waals surface area (Å²) < 4.78 is 26.7. The van der Waals surface area contributed by atoms with Gasteiger partial charge in [-0.15, -0.1) is 0 Å².